The highest BCUT2D eigenvalue weighted by molar-refractivity contribution is 14.0. The molecule has 9 heteroatoms. The molecular formula is C16H23F2IN4O2. The number of aliphatic imine (C=N–C) groups is 1. The number of halogens is 3. The van der Waals surface area contributed by atoms with E-state index in [4.69, 9.17) is 0 Å². The molecule has 1 saturated heterocycles. The first-order valence-corrected chi connectivity index (χ1v) is 7.77. The minimum absolute atomic E-state index is 0. The molecular weight excluding hydrogens is 445 g/mol. The number of methoxy groups -OCH3 is 1. The SMILES string of the molecule is CN=C(NCCC(=O)OC)N1CCN(c2cc(F)ccc2F)CC1.I. The lowest BCUT2D eigenvalue weighted by atomic mass is 10.2. The summed E-state index contributed by atoms with van der Waals surface area (Å²) in [6, 6.07) is 3.47. The molecule has 0 aliphatic carbocycles. The molecule has 0 amide bonds. The molecule has 1 aromatic rings. The van der Waals surface area contributed by atoms with Gasteiger partial charge in [-0.05, 0) is 12.1 Å². The van der Waals surface area contributed by atoms with Crippen LogP contribution in [-0.4, -0.2) is 63.7 Å². The Kier molecular flexibility index (Phi) is 8.87. The zero-order chi connectivity index (χ0) is 17.5. The fourth-order valence-corrected chi connectivity index (χ4v) is 2.60. The number of hydrogen-bond donors (Lipinski definition) is 1. The van der Waals surface area contributed by atoms with Gasteiger partial charge in [0, 0.05) is 45.8 Å². The van der Waals surface area contributed by atoms with Gasteiger partial charge in [0.2, 0.25) is 0 Å². The summed E-state index contributed by atoms with van der Waals surface area (Å²) in [6.07, 6.45) is 0.254. The van der Waals surface area contributed by atoms with Crippen molar-refractivity contribution in [2.24, 2.45) is 4.99 Å². The van der Waals surface area contributed by atoms with Crippen molar-refractivity contribution in [3.8, 4) is 0 Å². The molecule has 0 radical (unpaired) electrons. The summed E-state index contributed by atoms with van der Waals surface area (Å²) in [7, 11) is 3.01. The molecule has 1 N–H and O–H groups in total. The Labute approximate surface area is 163 Å². The third-order valence-electron chi connectivity index (χ3n) is 3.88. The van der Waals surface area contributed by atoms with Gasteiger partial charge in [0.15, 0.2) is 5.96 Å². The van der Waals surface area contributed by atoms with Crippen LogP contribution in [0.15, 0.2) is 23.2 Å². The van der Waals surface area contributed by atoms with Gasteiger partial charge in [-0.1, -0.05) is 0 Å². The second kappa shape index (κ2) is 10.4. The summed E-state index contributed by atoms with van der Waals surface area (Å²) in [5.74, 6) is -0.484. The van der Waals surface area contributed by atoms with Crippen molar-refractivity contribution >= 4 is 41.6 Å². The Hall–Kier alpha value is -1.65. The number of carbonyl (C=O) groups is 1. The maximum absolute atomic E-state index is 13.9. The first kappa shape index (κ1) is 21.4. The van der Waals surface area contributed by atoms with E-state index < -0.39 is 11.6 Å². The Morgan fingerprint density at radius 1 is 1.28 bits per heavy atom. The number of hydrogen-bond acceptors (Lipinski definition) is 4. The monoisotopic (exact) mass is 468 g/mol. The first-order valence-electron chi connectivity index (χ1n) is 7.77. The van der Waals surface area contributed by atoms with Crippen molar-refractivity contribution in [3.05, 3.63) is 29.8 Å². The molecule has 140 valence electrons. The van der Waals surface area contributed by atoms with Gasteiger partial charge >= 0.3 is 5.97 Å². The standard InChI is InChI=1S/C16H22F2N4O2.HI/c1-19-16(20-6-5-15(23)24-2)22-9-7-21(8-10-22)14-11-12(17)3-4-13(14)18;/h3-4,11H,5-10H2,1-2H3,(H,19,20);1H. The van der Waals surface area contributed by atoms with Crippen molar-refractivity contribution in [1.82, 2.24) is 10.2 Å². The predicted octanol–water partition coefficient (Wildman–Crippen LogP) is 1.84. The van der Waals surface area contributed by atoms with Gasteiger partial charge in [-0.3, -0.25) is 9.79 Å². The number of benzene rings is 1. The molecule has 0 spiro atoms. The minimum atomic E-state index is -0.450. The van der Waals surface area contributed by atoms with E-state index in [0.29, 0.717) is 38.7 Å². The van der Waals surface area contributed by atoms with E-state index in [2.05, 4.69) is 15.0 Å². The van der Waals surface area contributed by atoms with Gasteiger partial charge < -0.3 is 19.9 Å². The maximum Gasteiger partial charge on any atom is 0.307 e. The summed E-state index contributed by atoms with van der Waals surface area (Å²) in [4.78, 5) is 19.2. The zero-order valence-electron chi connectivity index (χ0n) is 14.3. The number of esters is 1. The van der Waals surface area contributed by atoms with Gasteiger partial charge in [-0.2, -0.15) is 0 Å². The fraction of sp³-hybridized carbons (Fsp3) is 0.500. The van der Waals surface area contributed by atoms with Crippen LogP contribution < -0.4 is 10.2 Å². The summed E-state index contributed by atoms with van der Waals surface area (Å²) in [5.41, 5.74) is 0.281. The first-order chi connectivity index (χ1) is 11.5. The zero-order valence-corrected chi connectivity index (χ0v) is 16.6. The lowest BCUT2D eigenvalue weighted by Gasteiger charge is -2.37. The molecule has 0 saturated carbocycles. The van der Waals surface area contributed by atoms with E-state index in [-0.39, 0.29) is 42.1 Å². The van der Waals surface area contributed by atoms with Crippen LogP contribution in [0.25, 0.3) is 0 Å². The Morgan fingerprint density at radius 2 is 1.96 bits per heavy atom. The van der Waals surface area contributed by atoms with Crippen molar-refractivity contribution in [2.75, 3.05) is 51.8 Å². The van der Waals surface area contributed by atoms with Crippen LogP contribution in [0.4, 0.5) is 14.5 Å². The number of guanidine groups is 1. The highest BCUT2D eigenvalue weighted by atomic mass is 127. The molecule has 1 aliphatic heterocycles. The number of piperazine rings is 1. The van der Waals surface area contributed by atoms with E-state index in [1.165, 1.54) is 13.2 Å². The number of anilines is 1. The lowest BCUT2D eigenvalue weighted by Crippen LogP contribution is -2.53. The summed E-state index contributed by atoms with van der Waals surface area (Å²) < 4.78 is 31.8. The highest BCUT2D eigenvalue weighted by Crippen LogP contribution is 2.21. The van der Waals surface area contributed by atoms with E-state index >= 15 is 0 Å². The van der Waals surface area contributed by atoms with E-state index in [0.717, 1.165) is 12.1 Å². The number of carbonyl (C=O) groups excluding carboxylic acids is 1. The average molecular weight is 468 g/mol. The quantitative estimate of drug-likeness (QED) is 0.317. The molecule has 25 heavy (non-hydrogen) atoms. The van der Waals surface area contributed by atoms with Crippen molar-refractivity contribution in [2.45, 2.75) is 6.42 Å². The van der Waals surface area contributed by atoms with Crippen LogP contribution >= 0.6 is 24.0 Å². The summed E-state index contributed by atoms with van der Waals surface area (Å²) >= 11 is 0. The summed E-state index contributed by atoms with van der Waals surface area (Å²) in [5, 5.41) is 3.10. The smallest absolute Gasteiger partial charge is 0.307 e. The van der Waals surface area contributed by atoms with Gasteiger partial charge in [0.25, 0.3) is 0 Å². The molecule has 1 heterocycles. The van der Waals surface area contributed by atoms with Gasteiger partial charge in [0.05, 0.1) is 19.2 Å². The maximum atomic E-state index is 13.9. The average Bonchev–Trinajstić information content (AvgIpc) is 2.61. The molecule has 0 atom stereocenters. The minimum Gasteiger partial charge on any atom is -0.469 e. The molecule has 1 fully saturated rings. The van der Waals surface area contributed by atoms with E-state index in [1.54, 1.807) is 7.05 Å². The van der Waals surface area contributed by atoms with Crippen LogP contribution in [0.2, 0.25) is 0 Å². The van der Waals surface area contributed by atoms with Gasteiger partial charge in [-0.25, -0.2) is 8.78 Å². The fourth-order valence-electron chi connectivity index (χ4n) is 2.60. The Morgan fingerprint density at radius 3 is 2.56 bits per heavy atom. The number of ether oxygens (including phenoxy) is 1. The van der Waals surface area contributed by atoms with Crippen molar-refractivity contribution in [3.63, 3.8) is 0 Å². The largest absolute Gasteiger partial charge is 0.469 e. The third kappa shape index (κ3) is 5.98. The number of rotatable bonds is 4. The molecule has 0 unspecified atom stereocenters. The van der Waals surface area contributed by atoms with Crippen LogP contribution in [-0.2, 0) is 9.53 Å². The molecule has 0 aromatic heterocycles. The normalized spacial score (nSPS) is 14.8. The van der Waals surface area contributed by atoms with E-state index in [9.17, 15) is 13.6 Å². The molecule has 1 aromatic carbocycles. The van der Waals surface area contributed by atoms with Crippen LogP contribution in [0.1, 0.15) is 6.42 Å². The van der Waals surface area contributed by atoms with Crippen molar-refractivity contribution < 1.29 is 18.3 Å². The highest BCUT2D eigenvalue weighted by Gasteiger charge is 2.22. The van der Waals surface area contributed by atoms with E-state index in [1.807, 2.05) is 9.80 Å². The van der Waals surface area contributed by atoms with Gasteiger partial charge in [0.1, 0.15) is 11.6 Å². The molecule has 6 nitrogen and oxygen atoms in total. The topological polar surface area (TPSA) is 57.2 Å². The second-order valence-corrected chi connectivity index (χ2v) is 5.37. The Bertz CT molecular complexity index is 608. The van der Waals surface area contributed by atoms with Crippen LogP contribution in [0, 0.1) is 11.6 Å². The van der Waals surface area contributed by atoms with Crippen LogP contribution in [0.5, 0.6) is 0 Å². The van der Waals surface area contributed by atoms with Crippen LogP contribution in [0.3, 0.4) is 0 Å². The predicted molar refractivity (Wildman–Crippen MR) is 104 cm³/mol. The molecule has 0 bridgehead atoms. The third-order valence-corrected chi connectivity index (χ3v) is 3.88. The number of nitrogens with one attached hydrogen (secondary N) is 1. The molecule has 2 rings (SSSR count). The summed E-state index contributed by atoms with van der Waals surface area (Å²) in [6.45, 7) is 2.77. The van der Waals surface area contributed by atoms with Gasteiger partial charge in [-0.15, -0.1) is 24.0 Å². The second-order valence-electron chi connectivity index (χ2n) is 5.37. The Balaban J connectivity index is 0.00000312. The lowest BCUT2D eigenvalue weighted by molar-refractivity contribution is -0.140. The number of nitrogens with zero attached hydrogens (tertiary/aromatic N) is 3. The van der Waals surface area contributed by atoms with Crippen molar-refractivity contribution in [1.29, 1.82) is 0 Å². The molecule has 1 aliphatic rings.